The monoisotopic (exact) mass is 979 g/mol. The number of hydrogen-bond donors (Lipinski definition) is 3. The van der Waals surface area contributed by atoms with Crippen molar-refractivity contribution in [3.05, 3.63) is 152 Å². The van der Waals surface area contributed by atoms with Crippen molar-refractivity contribution in [3.63, 3.8) is 0 Å². The lowest BCUT2D eigenvalue weighted by molar-refractivity contribution is -0.142. The van der Waals surface area contributed by atoms with Gasteiger partial charge in [-0.1, -0.05) is 103 Å². The molecule has 8 rings (SSSR count). The Morgan fingerprint density at radius 3 is 2.30 bits per heavy atom. The van der Waals surface area contributed by atoms with Crippen LogP contribution in [0.4, 0.5) is 5.13 Å². The fourth-order valence-corrected chi connectivity index (χ4v) is 11.3. The van der Waals surface area contributed by atoms with E-state index in [1.807, 2.05) is 54.6 Å². The van der Waals surface area contributed by atoms with E-state index in [0.717, 1.165) is 44.3 Å². The van der Waals surface area contributed by atoms with Crippen molar-refractivity contribution in [1.29, 1.82) is 5.26 Å². The van der Waals surface area contributed by atoms with Crippen molar-refractivity contribution < 1.29 is 37.3 Å². The number of nitrogens with zero attached hydrogens (tertiary/aromatic N) is 3. The molecule has 67 heavy (non-hydrogen) atoms. The molecule has 1 aromatic heterocycles. The summed E-state index contributed by atoms with van der Waals surface area (Å²) in [7, 11) is -4.38. The van der Waals surface area contributed by atoms with Crippen LogP contribution >= 0.6 is 34.5 Å². The first-order chi connectivity index (χ1) is 32.1. The van der Waals surface area contributed by atoms with Crippen LogP contribution in [0.5, 0.6) is 17.2 Å². The van der Waals surface area contributed by atoms with E-state index in [0.29, 0.717) is 73.7 Å². The Balaban J connectivity index is 1.03. The molecule has 346 valence electrons. The number of fused-ring (bicyclic) bond motifs is 2. The highest BCUT2D eigenvalue weighted by Crippen LogP contribution is 2.43. The van der Waals surface area contributed by atoms with E-state index in [-0.39, 0.29) is 35.9 Å². The first-order valence-corrected chi connectivity index (χ1v) is 24.6. The van der Waals surface area contributed by atoms with Gasteiger partial charge in [0.1, 0.15) is 31.0 Å². The number of anilines is 1. The predicted molar refractivity (Wildman–Crippen MR) is 257 cm³/mol. The molecule has 6 aromatic rings. The smallest absolute Gasteiger partial charge is 0.326 e. The number of benzene rings is 5. The number of nitriles is 1. The van der Waals surface area contributed by atoms with E-state index in [2.05, 4.69) is 35.5 Å². The van der Waals surface area contributed by atoms with Gasteiger partial charge in [-0.15, -0.1) is 0 Å². The van der Waals surface area contributed by atoms with E-state index in [4.69, 9.17) is 42.7 Å². The van der Waals surface area contributed by atoms with Crippen molar-refractivity contribution >= 4 is 61.6 Å². The first-order valence-electron chi connectivity index (χ1n) is 21.6. The van der Waals surface area contributed by atoms with Crippen molar-refractivity contribution in [2.45, 2.75) is 75.6 Å². The number of carbonyl (C=O) groups excluding carboxylic acids is 1. The Morgan fingerprint density at radius 2 is 1.63 bits per heavy atom. The van der Waals surface area contributed by atoms with Crippen LogP contribution < -0.4 is 24.8 Å². The number of ether oxygens (including phenoxy) is 3. The van der Waals surface area contributed by atoms with Gasteiger partial charge in [-0.25, -0.2) is 18.2 Å². The summed E-state index contributed by atoms with van der Waals surface area (Å²) in [6.45, 7) is 6.69. The Bertz CT molecular complexity index is 2940. The highest BCUT2D eigenvalue weighted by Gasteiger charge is 2.43. The summed E-state index contributed by atoms with van der Waals surface area (Å²) in [4.78, 5) is 31.7. The number of sulfonamides is 1. The van der Waals surface area contributed by atoms with Gasteiger partial charge < -0.3 is 30.0 Å². The molecule has 2 aliphatic heterocycles. The van der Waals surface area contributed by atoms with Gasteiger partial charge in [0.05, 0.1) is 27.4 Å². The van der Waals surface area contributed by atoms with Crippen LogP contribution in [0.15, 0.2) is 107 Å². The summed E-state index contributed by atoms with van der Waals surface area (Å²) < 4.78 is 49.4. The van der Waals surface area contributed by atoms with Crippen LogP contribution in [-0.4, -0.2) is 59.9 Å². The quantitative estimate of drug-likeness (QED) is 0.0840. The molecule has 1 unspecified atom stereocenters. The largest absolute Gasteiger partial charge is 0.489 e. The number of nitrogens with one attached hydrogen (secondary N) is 2. The van der Waals surface area contributed by atoms with Gasteiger partial charge in [0.25, 0.3) is 10.0 Å². The zero-order chi connectivity index (χ0) is 47.4. The molecular weight excluding hydrogens is 934 g/mol. The van der Waals surface area contributed by atoms with Crippen LogP contribution in [-0.2, 0) is 45.6 Å². The number of hydrogen-bond acceptors (Lipinski definition) is 11. The molecule has 0 saturated carbocycles. The molecule has 3 atom stereocenters. The van der Waals surface area contributed by atoms with Gasteiger partial charge in [0, 0.05) is 19.5 Å². The number of aromatic nitrogens is 1. The summed E-state index contributed by atoms with van der Waals surface area (Å²) >= 11 is 13.2. The van der Waals surface area contributed by atoms with E-state index < -0.39 is 40.1 Å². The normalized spacial score (nSPS) is 16.1. The minimum atomic E-state index is -4.38. The molecule has 5 aromatic carbocycles. The standard InChI is InChI=1S/C50H47Cl2N5O8S2/c1-29(2)18-19-54-50-55-30(3)49(66-50)67(61,62)57-26-38-24-45-44(64-28-46(65-45)36-13-15-39(16-14-36)63-27-33-8-17-40(51)41(52)20-33)23-37(38)22-43(57)47(58)56-42(48(59)60)21-31-4-9-34(10-5-31)35-11-6-32(25-53)7-12-35/h4-17,20,23-24,29,42-43,46H,18-19,21-22,26-28H2,1-3H3,(H,54,55)(H,56,58)(H,59,60)/t42-,43?,46+/m0/s1. The fourth-order valence-electron chi connectivity index (χ4n) is 7.89. The minimum Gasteiger partial charge on any atom is -0.489 e. The summed E-state index contributed by atoms with van der Waals surface area (Å²) in [6.07, 6.45) is 0.250. The van der Waals surface area contributed by atoms with Crippen LogP contribution in [0, 0.1) is 24.2 Å². The van der Waals surface area contributed by atoms with Crippen molar-refractivity contribution in [3.8, 4) is 34.4 Å². The lowest BCUT2D eigenvalue weighted by Crippen LogP contribution is -2.55. The summed E-state index contributed by atoms with van der Waals surface area (Å²) in [5.74, 6) is -0.111. The molecule has 0 fully saturated rings. The van der Waals surface area contributed by atoms with Crippen molar-refractivity contribution in [2.24, 2.45) is 5.92 Å². The molecule has 17 heteroatoms. The molecule has 3 heterocycles. The molecule has 0 bridgehead atoms. The summed E-state index contributed by atoms with van der Waals surface area (Å²) in [5.41, 5.74) is 6.19. The molecular formula is C50H47Cl2N5O8S2. The average molecular weight is 981 g/mol. The van der Waals surface area contributed by atoms with Crippen LogP contribution in [0.25, 0.3) is 11.1 Å². The number of halogens is 2. The van der Waals surface area contributed by atoms with E-state index in [1.54, 1.807) is 55.5 Å². The van der Waals surface area contributed by atoms with Crippen LogP contribution in [0.3, 0.4) is 0 Å². The molecule has 1 amide bonds. The van der Waals surface area contributed by atoms with Gasteiger partial charge in [-0.2, -0.15) is 9.57 Å². The second-order valence-electron chi connectivity index (χ2n) is 16.9. The molecule has 2 aliphatic rings. The maximum Gasteiger partial charge on any atom is 0.326 e. The second-order valence-corrected chi connectivity index (χ2v) is 20.8. The first kappa shape index (κ1) is 47.3. The third-order valence-corrected chi connectivity index (χ3v) is 15.9. The Kier molecular flexibility index (Phi) is 14.4. The van der Waals surface area contributed by atoms with Crippen molar-refractivity contribution in [1.82, 2.24) is 14.6 Å². The SMILES string of the molecule is Cc1nc(NCCC(C)C)sc1S(=O)(=O)N1Cc2cc3c(cc2CC1C(=O)N[C@@H](Cc1ccc(-c2ccc(C#N)cc2)cc1)C(=O)O)OC[C@H](c1ccc(OCc2ccc(Cl)c(Cl)c2)cc1)O3. The van der Waals surface area contributed by atoms with Crippen LogP contribution in [0.1, 0.15) is 65.4 Å². The number of amides is 1. The third kappa shape index (κ3) is 11.0. The summed E-state index contributed by atoms with van der Waals surface area (Å²) in [5, 5.41) is 26.8. The Labute approximate surface area is 403 Å². The summed E-state index contributed by atoms with van der Waals surface area (Å²) in [6, 6.07) is 30.1. The zero-order valence-corrected chi connectivity index (χ0v) is 39.9. The number of carboxylic acids is 1. The Hall–Kier alpha value is -6.15. The zero-order valence-electron chi connectivity index (χ0n) is 36.8. The van der Waals surface area contributed by atoms with Gasteiger partial charge in [-0.05, 0) is 113 Å². The Morgan fingerprint density at radius 1 is 0.940 bits per heavy atom. The lowest BCUT2D eigenvalue weighted by atomic mass is 9.94. The van der Waals surface area contributed by atoms with E-state index in [1.165, 1.54) is 0 Å². The number of carboxylic acid groups (broad SMARTS) is 1. The lowest BCUT2D eigenvalue weighted by Gasteiger charge is -2.36. The minimum absolute atomic E-state index is 0.0140. The molecule has 13 nitrogen and oxygen atoms in total. The number of carbonyl (C=O) groups is 2. The highest BCUT2D eigenvalue weighted by atomic mass is 35.5. The van der Waals surface area contributed by atoms with Crippen molar-refractivity contribution in [2.75, 3.05) is 18.5 Å². The maximum absolute atomic E-state index is 14.8. The number of rotatable bonds is 16. The molecule has 3 N–H and O–H groups in total. The van der Waals surface area contributed by atoms with E-state index in [9.17, 15) is 23.1 Å². The topological polar surface area (TPSA) is 180 Å². The van der Waals surface area contributed by atoms with Gasteiger partial charge in [-0.3, -0.25) is 4.79 Å². The number of thiazole rings is 1. The van der Waals surface area contributed by atoms with Gasteiger partial charge >= 0.3 is 5.97 Å². The maximum atomic E-state index is 14.8. The van der Waals surface area contributed by atoms with E-state index >= 15 is 0 Å². The van der Waals surface area contributed by atoms with Gasteiger partial charge in [0.2, 0.25) is 5.91 Å². The third-order valence-electron chi connectivity index (χ3n) is 11.6. The number of aliphatic carboxylic acids is 1. The molecule has 0 spiro atoms. The second kappa shape index (κ2) is 20.4. The average Bonchev–Trinajstić information content (AvgIpc) is 3.71. The highest BCUT2D eigenvalue weighted by molar-refractivity contribution is 7.91. The fraction of sp³-hybridized carbons (Fsp3) is 0.280. The van der Waals surface area contributed by atoms with Crippen LogP contribution in [0.2, 0.25) is 10.0 Å². The van der Waals surface area contributed by atoms with Gasteiger partial charge in [0.15, 0.2) is 26.9 Å². The molecule has 0 radical (unpaired) electrons. The molecule has 0 saturated heterocycles. The number of aryl methyl sites for hydroxylation is 1. The molecule has 0 aliphatic carbocycles. The predicted octanol–water partition coefficient (Wildman–Crippen LogP) is 9.77.